The number of hydrogen-bond acceptors (Lipinski definition) is 4. The van der Waals surface area contributed by atoms with Gasteiger partial charge >= 0.3 is 0 Å². The molecule has 0 radical (unpaired) electrons. The number of hydrogen-bond donors (Lipinski definition) is 1. The molecule has 0 atom stereocenters. The molecule has 5 heteroatoms. The second kappa shape index (κ2) is 7.64. The number of benzene rings is 1. The highest BCUT2D eigenvalue weighted by atomic mass is 16.1. The third-order valence-electron chi connectivity index (χ3n) is 4.64. The quantitative estimate of drug-likeness (QED) is 0.905. The van der Waals surface area contributed by atoms with Crippen molar-refractivity contribution in [1.29, 1.82) is 0 Å². The van der Waals surface area contributed by atoms with E-state index in [1.54, 1.807) is 0 Å². The van der Waals surface area contributed by atoms with Crippen LogP contribution < -0.4 is 10.2 Å². The van der Waals surface area contributed by atoms with Crippen molar-refractivity contribution in [2.45, 2.75) is 46.5 Å². The Morgan fingerprint density at radius 1 is 1.12 bits per heavy atom. The van der Waals surface area contributed by atoms with Crippen LogP contribution in [0.25, 0.3) is 0 Å². The molecular weight excluding hydrogens is 312 g/mol. The average molecular weight is 338 g/mol. The summed E-state index contributed by atoms with van der Waals surface area (Å²) >= 11 is 0. The van der Waals surface area contributed by atoms with Crippen LogP contribution in [0.15, 0.2) is 24.3 Å². The molecule has 2 heterocycles. The van der Waals surface area contributed by atoms with E-state index in [0.29, 0.717) is 6.42 Å². The Morgan fingerprint density at radius 2 is 1.80 bits per heavy atom. The molecule has 1 aromatic carbocycles. The standard InChI is InChI=1S/C20H26N4O/c1-14-7-6-8-17(13-14)9-10-18(25)23-19-15(2)21-20(22-16(19)3)24-11-4-5-12-24/h6-8,13H,4-5,9-12H2,1-3H3,(H,23,25). The first-order valence-electron chi connectivity index (χ1n) is 8.98. The summed E-state index contributed by atoms with van der Waals surface area (Å²) in [5, 5.41) is 3.00. The Hall–Kier alpha value is -2.43. The minimum absolute atomic E-state index is 0.00484. The van der Waals surface area contributed by atoms with Gasteiger partial charge in [-0.1, -0.05) is 29.8 Å². The van der Waals surface area contributed by atoms with Crippen LogP contribution >= 0.6 is 0 Å². The van der Waals surface area contributed by atoms with Crippen LogP contribution in [-0.2, 0) is 11.2 Å². The number of nitrogens with one attached hydrogen (secondary N) is 1. The lowest BCUT2D eigenvalue weighted by Crippen LogP contribution is -2.22. The van der Waals surface area contributed by atoms with Gasteiger partial charge in [0.1, 0.15) is 0 Å². The first kappa shape index (κ1) is 17.4. The summed E-state index contributed by atoms with van der Waals surface area (Å²) in [5.74, 6) is 0.787. The molecule has 1 aliphatic rings. The summed E-state index contributed by atoms with van der Waals surface area (Å²) < 4.78 is 0. The van der Waals surface area contributed by atoms with Crippen molar-refractivity contribution in [3.05, 3.63) is 46.8 Å². The molecule has 0 spiro atoms. The molecule has 0 bridgehead atoms. The van der Waals surface area contributed by atoms with Gasteiger partial charge in [0.25, 0.3) is 0 Å². The predicted molar refractivity (Wildman–Crippen MR) is 101 cm³/mol. The van der Waals surface area contributed by atoms with Gasteiger partial charge in [-0.3, -0.25) is 4.79 Å². The molecule has 1 aromatic heterocycles. The third-order valence-corrected chi connectivity index (χ3v) is 4.64. The zero-order valence-electron chi connectivity index (χ0n) is 15.3. The number of rotatable bonds is 5. The lowest BCUT2D eigenvalue weighted by Gasteiger charge is -2.18. The number of nitrogens with zero attached hydrogens (tertiary/aromatic N) is 3. The Labute approximate surface area is 149 Å². The van der Waals surface area contributed by atoms with E-state index in [2.05, 4.69) is 45.3 Å². The molecule has 2 aromatic rings. The number of anilines is 2. The average Bonchev–Trinajstić information content (AvgIpc) is 3.11. The van der Waals surface area contributed by atoms with Crippen LogP contribution in [0.5, 0.6) is 0 Å². The SMILES string of the molecule is Cc1cccc(CCC(=O)Nc2c(C)nc(N3CCCC3)nc2C)c1. The van der Waals surface area contributed by atoms with Crippen molar-refractivity contribution in [2.24, 2.45) is 0 Å². The fraction of sp³-hybridized carbons (Fsp3) is 0.450. The molecule has 1 fully saturated rings. The van der Waals surface area contributed by atoms with Gasteiger partial charge in [0, 0.05) is 19.5 Å². The van der Waals surface area contributed by atoms with Crippen LogP contribution in [-0.4, -0.2) is 29.0 Å². The molecule has 132 valence electrons. The van der Waals surface area contributed by atoms with Crippen LogP contribution in [0, 0.1) is 20.8 Å². The summed E-state index contributed by atoms with van der Waals surface area (Å²) in [4.78, 5) is 23.7. The first-order valence-corrected chi connectivity index (χ1v) is 8.98. The van der Waals surface area contributed by atoms with Gasteiger partial charge in [-0.05, 0) is 45.6 Å². The van der Waals surface area contributed by atoms with Crippen LogP contribution in [0.4, 0.5) is 11.6 Å². The fourth-order valence-corrected chi connectivity index (χ4v) is 3.27. The summed E-state index contributed by atoms with van der Waals surface area (Å²) in [7, 11) is 0. The van der Waals surface area contributed by atoms with E-state index >= 15 is 0 Å². The lowest BCUT2D eigenvalue weighted by molar-refractivity contribution is -0.116. The Morgan fingerprint density at radius 3 is 2.44 bits per heavy atom. The van der Waals surface area contributed by atoms with Crippen LogP contribution in [0.3, 0.4) is 0 Å². The smallest absolute Gasteiger partial charge is 0.225 e. The Bertz CT molecular complexity index is 743. The zero-order chi connectivity index (χ0) is 17.8. The summed E-state index contributed by atoms with van der Waals surface area (Å²) in [6.45, 7) is 7.96. The van der Waals surface area contributed by atoms with Crippen LogP contribution in [0.1, 0.15) is 41.8 Å². The molecule has 1 saturated heterocycles. The van der Waals surface area contributed by atoms with Crippen molar-refractivity contribution in [3.8, 4) is 0 Å². The molecule has 5 nitrogen and oxygen atoms in total. The molecule has 0 unspecified atom stereocenters. The number of carbonyl (C=O) groups is 1. The van der Waals surface area contributed by atoms with E-state index in [1.165, 1.54) is 24.0 Å². The number of aryl methyl sites for hydroxylation is 4. The highest BCUT2D eigenvalue weighted by molar-refractivity contribution is 5.92. The normalized spacial score (nSPS) is 14.0. The summed E-state index contributed by atoms with van der Waals surface area (Å²) in [5.41, 5.74) is 4.81. The van der Waals surface area contributed by atoms with Gasteiger partial charge in [0.05, 0.1) is 17.1 Å². The van der Waals surface area contributed by atoms with Crippen molar-refractivity contribution >= 4 is 17.5 Å². The molecule has 3 rings (SSSR count). The molecule has 1 amide bonds. The zero-order valence-corrected chi connectivity index (χ0v) is 15.3. The minimum atomic E-state index is 0.00484. The minimum Gasteiger partial charge on any atom is -0.341 e. The fourth-order valence-electron chi connectivity index (χ4n) is 3.27. The first-order chi connectivity index (χ1) is 12.0. The largest absolute Gasteiger partial charge is 0.341 e. The molecule has 0 saturated carbocycles. The van der Waals surface area contributed by atoms with Crippen molar-refractivity contribution in [3.63, 3.8) is 0 Å². The van der Waals surface area contributed by atoms with Gasteiger partial charge in [-0.2, -0.15) is 0 Å². The van der Waals surface area contributed by atoms with Gasteiger partial charge in [-0.15, -0.1) is 0 Å². The maximum atomic E-state index is 12.3. The maximum Gasteiger partial charge on any atom is 0.225 e. The van der Waals surface area contributed by atoms with Crippen LogP contribution in [0.2, 0.25) is 0 Å². The second-order valence-electron chi connectivity index (χ2n) is 6.80. The lowest BCUT2D eigenvalue weighted by atomic mass is 10.1. The van der Waals surface area contributed by atoms with Gasteiger partial charge in [0.2, 0.25) is 11.9 Å². The monoisotopic (exact) mass is 338 g/mol. The van der Waals surface area contributed by atoms with Crippen molar-refractivity contribution in [2.75, 3.05) is 23.3 Å². The van der Waals surface area contributed by atoms with E-state index < -0.39 is 0 Å². The molecule has 1 N–H and O–H groups in total. The topological polar surface area (TPSA) is 58.1 Å². The molecule has 1 aliphatic heterocycles. The van der Waals surface area contributed by atoms with Gasteiger partial charge < -0.3 is 10.2 Å². The van der Waals surface area contributed by atoms with E-state index in [-0.39, 0.29) is 5.91 Å². The summed E-state index contributed by atoms with van der Waals surface area (Å²) in [6, 6.07) is 8.28. The van der Waals surface area contributed by atoms with E-state index in [9.17, 15) is 4.79 Å². The Balaban J connectivity index is 1.64. The van der Waals surface area contributed by atoms with Crippen molar-refractivity contribution < 1.29 is 4.79 Å². The highest BCUT2D eigenvalue weighted by Gasteiger charge is 2.18. The maximum absolute atomic E-state index is 12.3. The number of carbonyl (C=O) groups excluding carboxylic acids is 1. The molecular formula is C20H26N4O. The van der Waals surface area contributed by atoms with E-state index in [1.807, 2.05) is 19.9 Å². The highest BCUT2D eigenvalue weighted by Crippen LogP contribution is 2.23. The van der Waals surface area contributed by atoms with Gasteiger partial charge in [0.15, 0.2) is 0 Å². The second-order valence-corrected chi connectivity index (χ2v) is 6.80. The van der Waals surface area contributed by atoms with Gasteiger partial charge in [-0.25, -0.2) is 9.97 Å². The van der Waals surface area contributed by atoms with E-state index in [0.717, 1.165) is 42.5 Å². The number of amides is 1. The van der Waals surface area contributed by atoms with Crippen molar-refractivity contribution in [1.82, 2.24) is 9.97 Å². The van der Waals surface area contributed by atoms with E-state index in [4.69, 9.17) is 0 Å². The number of aromatic nitrogens is 2. The summed E-state index contributed by atoms with van der Waals surface area (Å²) in [6.07, 6.45) is 3.58. The predicted octanol–water partition coefficient (Wildman–Crippen LogP) is 3.57. The molecule has 25 heavy (non-hydrogen) atoms. The third kappa shape index (κ3) is 4.35. The molecule has 0 aliphatic carbocycles. The Kier molecular flexibility index (Phi) is 5.31.